The highest BCUT2D eigenvalue weighted by Gasteiger charge is 2.33. The summed E-state index contributed by atoms with van der Waals surface area (Å²) in [5.41, 5.74) is 2.17. The second-order valence-corrected chi connectivity index (χ2v) is 7.31. The first-order chi connectivity index (χ1) is 9.97. The number of esters is 1. The van der Waals surface area contributed by atoms with E-state index in [1.807, 2.05) is 32.9 Å². The van der Waals surface area contributed by atoms with E-state index in [2.05, 4.69) is 11.4 Å². The molecule has 1 aliphatic carbocycles. The molecular weight excluding hydrogens is 342 g/mol. The summed E-state index contributed by atoms with van der Waals surface area (Å²) >= 11 is 0. The van der Waals surface area contributed by atoms with Crippen LogP contribution < -0.4 is 10.1 Å². The molecule has 3 nitrogen and oxygen atoms in total. The van der Waals surface area contributed by atoms with Crippen LogP contribution >= 0.6 is 17.0 Å². The van der Waals surface area contributed by atoms with E-state index in [9.17, 15) is 4.79 Å². The van der Waals surface area contributed by atoms with Gasteiger partial charge in [-0.1, -0.05) is 12.1 Å². The van der Waals surface area contributed by atoms with E-state index in [4.69, 9.17) is 4.74 Å². The molecule has 2 aliphatic rings. The lowest BCUT2D eigenvalue weighted by atomic mass is 9.75. The summed E-state index contributed by atoms with van der Waals surface area (Å²) in [5.74, 6) is 1.20. The third kappa shape index (κ3) is 3.38. The Morgan fingerprint density at radius 3 is 2.77 bits per heavy atom. The molecule has 0 spiro atoms. The van der Waals surface area contributed by atoms with Gasteiger partial charge in [0.05, 0.1) is 5.41 Å². The highest BCUT2D eigenvalue weighted by atomic mass is 79.9. The van der Waals surface area contributed by atoms with E-state index in [1.54, 1.807) is 0 Å². The zero-order valence-electron chi connectivity index (χ0n) is 13.6. The molecule has 2 atom stereocenters. The number of fused-ring (bicyclic) bond motifs is 3. The predicted octanol–water partition coefficient (Wildman–Crippen LogP) is 4.00. The van der Waals surface area contributed by atoms with Crippen LogP contribution in [0, 0.1) is 5.41 Å². The number of piperidine rings is 1. The number of benzene rings is 1. The molecular formula is C18H26BrNO2. The Hall–Kier alpha value is -0.870. The fourth-order valence-corrected chi connectivity index (χ4v) is 3.47. The summed E-state index contributed by atoms with van der Waals surface area (Å²) in [6.45, 7) is 6.82. The minimum atomic E-state index is -0.466. The number of ether oxygens (including phenoxy) is 1. The number of hydrogen-bond acceptors (Lipinski definition) is 3. The summed E-state index contributed by atoms with van der Waals surface area (Å²) in [4.78, 5) is 12.2. The maximum Gasteiger partial charge on any atom is 0.316 e. The molecule has 0 unspecified atom stereocenters. The molecule has 0 saturated carbocycles. The molecule has 1 fully saturated rings. The smallest absolute Gasteiger partial charge is 0.316 e. The molecule has 0 aromatic heterocycles. The van der Waals surface area contributed by atoms with Crippen molar-refractivity contribution in [2.24, 2.45) is 5.41 Å². The summed E-state index contributed by atoms with van der Waals surface area (Å²) in [5, 5.41) is 3.64. The van der Waals surface area contributed by atoms with Gasteiger partial charge in [0.2, 0.25) is 0 Å². The Morgan fingerprint density at radius 2 is 2.05 bits per heavy atom. The van der Waals surface area contributed by atoms with Crippen LogP contribution in [-0.4, -0.2) is 18.6 Å². The molecule has 1 aliphatic heterocycles. The first kappa shape index (κ1) is 17.5. The van der Waals surface area contributed by atoms with Crippen LogP contribution in [0.15, 0.2) is 18.2 Å². The van der Waals surface area contributed by atoms with Gasteiger partial charge in [0.25, 0.3) is 0 Å². The van der Waals surface area contributed by atoms with Crippen molar-refractivity contribution in [1.29, 1.82) is 0 Å². The standard InChI is InChI=1S/C18H25NO2.BrH/c1-18(2,3)17(20)21-16-8-4-6-12-13-7-5-11-19-15(13)10-9-14(12)16;/h4,6,8,13,15,19H,5,7,9-11H2,1-3H3;1H/t13-,15-;/m1./s1. The van der Waals surface area contributed by atoms with Gasteiger partial charge in [-0.3, -0.25) is 4.79 Å². The Balaban J connectivity index is 0.00000176. The minimum Gasteiger partial charge on any atom is -0.426 e. The number of halogens is 1. The van der Waals surface area contributed by atoms with E-state index in [0.717, 1.165) is 25.1 Å². The average Bonchev–Trinajstić information content (AvgIpc) is 2.46. The lowest BCUT2D eigenvalue weighted by Gasteiger charge is -2.38. The zero-order valence-corrected chi connectivity index (χ0v) is 15.4. The SMILES string of the molecule is Br.CC(C)(C)C(=O)Oc1cccc2c1CC[C@H]1NCCC[C@H]21. The van der Waals surface area contributed by atoms with Crippen molar-refractivity contribution >= 4 is 23.0 Å². The van der Waals surface area contributed by atoms with Crippen LogP contribution in [0.5, 0.6) is 5.75 Å². The Kier molecular flexibility index (Phi) is 5.33. The first-order valence-electron chi connectivity index (χ1n) is 8.04. The molecule has 1 aromatic rings. The largest absolute Gasteiger partial charge is 0.426 e. The Morgan fingerprint density at radius 1 is 1.27 bits per heavy atom. The molecule has 1 heterocycles. The van der Waals surface area contributed by atoms with Crippen molar-refractivity contribution in [3.8, 4) is 5.75 Å². The van der Waals surface area contributed by atoms with Crippen molar-refractivity contribution in [2.45, 2.75) is 58.4 Å². The third-order valence-corrected chi connectivity index (χ3v) is 4.67. The molecule has 1 aromatic carbocycles. The van der Waals surface area contributed by atoms with Crippen LogP contribution in [0.4, 0.5) is 0 Å². The molecule has 0 amide bonds. The van der Waals surface area contributed by atoms with Gasteiger partial charge in [0, 0.05) is 6.04 Å². The van der Waals surface area contributed by atoms with Crippen molar-refractivity contribution < 1.29 is 9.53 Å². The van der Waals surface area contributed by atoms with Gasteiger partial charge >= 0.3 is 5.97 Å². The quantitative estimate of drug-likeness (QED) is 0.602. The fraction of sp³-hybridized carbons (Fsp3) is 0.611. The molecule has 122 valence electrons. The van der Waals surface area contributed by atoms with Crippen molar-refractivity contribution in [3.63, 3.8) is 0 Å². The summed E-state index contributed by atoms with van der Waals surface area (Å²) in [6, 6.07) is 6.79. The Bertz CT molecular complexity index is 551. The fourth-order valence-electron chi connectivity index (χ4n) is 3.47. The van der Waals surface area contributed by atoms with Crippen molar-refractivity contribution in [2.75, 3.05) is 6.54 Å². The maximum absolute atomic E-state index is 12.2. The van der Waals surface area contributed by atoms with E-state index >= 15 is 0 Å². The van der Waals surface area contributed by atoms with Crippen molar-refractivity contribution in [1.82, 2.24) is 5.32 Å². The monoisotopic (exact) mass is 367 g/mol. The number of rotatable bonds is 1. The predicted molar refractivity (Wildman–Crippen MR) is 93.9 cm³/mol. The van der Waals surface area contributed by atoms with Crippen LogP contribution in [0.3, 0.4) is 0 Å². The highest BCUT2D eigenvalue weighted by molar-refractivity contribution is 8.93. The molecule has 1 N–H and O–H groups in total. The van der Waals surface area contributed by atoms with Crippen LogP contribution in [0.2, 0.25) is 0 Å². The summed E-state index contributed by atoms with van der Waals surface area (Å²) in [6.07, 6.45) is 4.60. The van der Waals surface area contributed by atoms with Gasteiger partial charge in [0.1, 0.15) is 5.75 Å². The maximum atomic E-state index is 12.2. The third-order valence-electron chi connectivity index (χ3n) is 4.67. The number of carbonyl (C=O) groups excluding carboxylic acids is 1. The number of hydrogen-bond donors (Lipinski definition) is 1. The normalized spacial score (nSPS) is 23.8. The van der Waals surface area contributed by atoms with Crippen molar-refractivity contribution in [3.05, 3.63) is 29.3 Å². The van der Waals surface area contributed by atoms with Crippen LogP contribution in [0.25, 0.3) is 0 Å². The highest BCUT2D eigenvalue weighted by Crippen LogP contribution is 2.40. The summed E-state index contributed by atoms with van der Waals surface area (Å²) < 4.78 is 5.70. The zero-order chi connectivity index (χ0) is 15.0. The molecule has 0 radical (unpaired) electrons. The number of carbonyl (C=O) groups is 1. The van der Waals surface area contributed by atoms with Gasteiger partial charge in [-0.15, -0.1) is 17.0 Å². The molecule has 1 saturated heterocycles. The van der Waals surface area contributed by atoms with E-state index < -0.39 is 5.41 Å². The molecule has 0 bridgehead atoms. The van der Waals surface area contributed by atoms with E-state index in [1.165, 1.54) is 24.0 Å². The number of nitrogens with one attached hydrogen (secondary N) is 1. The topological polar surface area (TPSA) is 38.3 Å². The average molecular weight is 368 g/mol. The van der Waals surface area contributed by atoms with Gasteiger partial charge < -0.3 is 10.1 Å². The van der Waals surface area contributed by atoms with Gasteiger partial charge in [-0.2, -0.15) is 0 Å². The van der Waals surface area contributed by atoms with Crippen LogP contribution in [0.1, 0.15) is 57.1 Å². The lowest BCUT2D eigenvalue weighted by Crippen LogP contribution is -2.42. The lowest BCUT2D eigenvalue weighted by molar-refractivity contribution is -0.143. The second kappa shape index (κ2) is 6.71. The minimum absolute atomic E-state index is 0. The van der Waals surface area contributed by atoms with Gasteiger partial charge in [0.15, 0.2) is 0 Å². The molecule has 3 rings (SSSR count). The molecule has 22 heavy (non-hydrogen) atoms. The van der Waals surface area contributed by atoms with Gasteiger partial charge in [-0.05, 0) is 76.1 Å². The second-order valence-electron chi connectivity index (χ2n) is 7.31. The van der Waals surface area contributed by atoms with Gasteiger partial charge in [-0.25, -0.2) is 0 Å². The summed E-state index contributed by atoms with van der Waals surface area (Å²) in [7, 11) is 0. The Labute approximate surface area is 143 Å². The first-order valence-corrected chi connectivity index (χ1v) is 8.04. The van der Waals surface area contributed by atoms with E-state index in [-0.39, 0.29) is 23.0 Å². The van der Waals surface area contributed by atoms with E-state index in [0.29, 0.717) is 12.0 Å². The van der Waals surface area contributed by atoms with Crippen LogP contribution in [-0.2, 0) is 11.2 Å². The molecule has 4 heteroatoms.